The van der Waals surface area contributed by atoms with Gasteiger partial charge >= 0.3 is 0 Å². The van der Waals surface area contributed by atoms with Crippen LogP contribution in [0.4, 0.5) is 0 Å². The van der Waals surface area contributed by atoms with E-state index in [9.17, 15) is 0 Å². The third-order valence-electron chi connectivity index (χ3n) is 3.63. The van der Waals surface area contributed by atoms with E-state index in [0.29, 0.717) is 0 Å². The van der Waals surface area contributed by atoms with Gasteiger partial charge in [0, 0.05) is 12.7 Å². The molecular weight excluding hydrogens is 226 g/mol. The van der Waals surface area contributed by atoms with Crippen molar-refractivity contribution in [2.45, 2.75) is 39.3 Å². The lowest BCUT2D eigenvalue weighted by molar-refractivity contribution is 0.0667. The summed E-state index contributed by atoms with van der Waals surface area (Å²) in [6, 6.07) is 4.42. The molecule has 1 N–H and O–H groups in total. The zero-order valence-corrected chi connectivity index (χ0v) is 12.3. The second-order valence-corrected chi connectivity index (χ2v) is 4.58. The highest BCUT2D eigenvalue weighted by Gasteiger charge is 2.24. The van der Waals surface area contributed by atoms with Crippen molar-refractivity contribution in [1.29, 1.82) is 0 Å². The Morgan fingerprint density at radius 3 is 2.33 bits per heavy atom. The molecular formula is C15H25NO2. The molecule has 0 bridgehead atoms. The van der Waals surface area contributed by atoms with Crippen molar-refractivity contribution >= 4 is 0 Å². The van der Waals surface area contributed by atoms with Gasteiger partial charge in [-0.15, -0.1) is 0 Å². The van der Waals surface area contributed by atoms with Gasteiger partial charge < -0.3 is 14.8 Å². The SMILES string of the molecule is CCC(OC)C(NC)c1ccc(C)c(C)c1OC. The Labute approximate surface area is 110 Å². The first-order chi connectivity index (χ1) is 8.60. The summed E-state index contributed by atoms with van der Waals surface area (Å²) in [5.74, 6) is 0.963. The highest BCUT2D eigenvalue weighted by Crippen LogP contribution is 2.33. The van der Waals surface area contributed by atoms with E-state index in [1.807, 2.05) is 7.05 Å². The van der Waals surface area contributed by atoms with Gasteiger partial charge in [-0.3, -0.25) is 0 Å². The molecule has 0 saturated carbocycles. The van der Waals surface area contributed by atoms with Crippen molar-refractivity contribution < 1.29 is 9.47 Å². The first-order valence-corrected chi connectivity index (χ1v) is 6.44. The van der Waals surface area contributed by atoms with Crippen LogP contribution in [-0.4, -0.2) is 27.4 Å². The third-order valence-corrected chi connectivity index (χ3v) is 3.63. The maximum atomic E-state index is 5.58. The van der Waals surface area contributed by atoms with Crippen LogP contribution in [0.5, 0.6) is 5.75 Å². The summed E-state index contributed by atoms with van der Waals surface area (Å²) >= 11 is 0. The fraction of sp³-hybridized carbons (Fsp3) is 0.600. The van der Waals surface area contributed by atoms with Gasteiger partial charge in [0.1, 0.15) is 5.75 Å². The normalized spacial score (nSPS) is 14.3. The standard InChI is InChI=1S/C15H25NO2/c1-7-13(17-5)14(16-4)12-9-8-10(2)11(3)15(12)18-6/h8-9,13-14,16H,7H2,1-6H3. The smallest absolute Gasteiger partial charge is 0.126 e. The lowest BCUT2D eigenvalue weighted by Gasteiger charge is -2.27. The topological polar surface area (TPSA) is 30.5 Å². The van der Waals surface area contributed by atoms with Crippen LogP contribution in [0.25, 0.3) is 0 Å². The molecule has 1 rings (SSSR count). The fourth-order valence-electron chi connectivity index (χ4n) is 2.41. The summed E-state index contributed by atoms with van der Waals surface area (Å²) in [7, 11) is 5.44. The Morgan fingerprint density at radius 1 is 1.22 bits per heavy atom. The molecule has 18 heavy (non-hydrogen) atoms. The van der Waals surface area contributed by atoms with Crippen LogP contribution >= 0.6 is 0 Å². The Hall–Kier alpha value is -1.06. The highest BCUT2D eigenvalue weighted by molar-refractivity contribution is 5.47. The van der Waals surface area contributed by atoms with Crippen molar-refractivity contribution in [3.05, 3.63) is 28.8 Å². The zero-order valence-electron chi connectivity index (χ0n) is 12.3. The number of hydrogen-bond donors (Lipinski definition) is 1. The molecule has 0 heterocycles. The molecule has 3 nitrogen and oxygen atoms in total. The summed E-state index contributed by atoms with van der Waals surface area (Å²) in [4.78, 5) is 0. The molecule has 0 aliphatic rings. The van der Waals surface area contributed by atoms with Crippen molar-refractivity contribution in [2.24, 2.45) is 0 Å². The Balaban J connectivity index is 3.25. The molecule has 0 spiro atoms. The number of likely N-dealkylation sites (N-methyl/N-ethyl adjacent to an activating group) is 1. The van der Waals surface area contributed by atoms with Crippen LogP contribution in [0.2, 0.25) is 0 Å². The Kier molecular flexibility index (Phi) is 5.63. The fourth-order valence-corrected chi connectivity index (χ4v) is 2.41. The summed E-state index contributed by atoms with van der Waals surface area (Å²) in [6.45, 7) is 6.33. The van der Waals surface area contributed by atoms with E-state index < -0.39 is 0 Å². The van der Waals surface area contributed by atoms with Crippen molar-refractivity contribution in [2.75, 3.05) is 21.3 Å². The van der Waals surface area contributed by atoms with Gasteiger partial charge in [-0.2, -0.15) is 0 Å². The van der Waals surface area contributed by atoms with Gasteiger partial charge in [0.05, 0.1) is 19.3 Å². The van der Waals surface area contributed by atoms with Crippen molar-refractivity contribution in [3.63, 3.8) is 0 Å². The highest BCUT2D eigenvalue weighted by atomic mass is 16.5. The minimum Gasteiger partial charge on any atom is -0.496 e. The van der Waals surface area contributed by atoms with Gasteiger partial charge in [-0.05, 0) is 38.4 Å². The van der Waals surface area contributed by atoms with E-state index in [-0.39, 0.29) is 12.1 Å². The number of benzene rings is 1. The first-order valence-electron chi connectivity index (χ1n) is 6.44. The molecule has 0 aromatic heterocycles. The van der Waals surface area contributed by atoms with E-state index in [4.69, 9.17) is 9.47 Å². The van der Waals surface area contributed by atoms with E-state index in [0.717, 1.165) is 17.7 Å². The van der Waals surface area contributed by atoms with Crippen LogP contribution in [0, 0.1) is 13.8 Å². The number of rotatable bonds is 6. The Bertz CT molecular complexity index is 386. The quantitative estimate of drug-likeness (QED) is 0.843. The zero-order chi connectivity index (χ0) is 13.7. The molecule has 0 radical (unpaired) electrons. The average Bonchev–Trinajstić information content (AvgIpc) is 2.39. The van der Waals surface area contributed by atoms with Gasteiger partial charge in [0.25, 0.3) is 0 Å². The molecule has 102 valence electrons. The van der Waals surface area contributed by atoms with E-state index in [1.165, 1.54) is 11.1 Å². The summed E-state index contributed by atoms with van der Waals surface area (Å²) in [5.41, 5.74) is 3.61. The molecule has 1 aromatic carbocycles. The van der Waals surface area contributed by atoms with Crippen molar-refractivity contribution in [3.8, 4) is 5.75 Å². The second-order valence-electron chi connectivity index (χ2n) is 4.58. The molecule has 0 aliphatic carbocycles. The molecule has 3 heteroatoms. The number of nitrogens with one attached hydrogen (secondary N) is 1. The van der Waals surface area contributed by atoms with Gasteiger partial charge in [-0.1, -0.05) is 19.1 Å². The largest absolute Gasteiger partial charge is 0.496 e. The number of ether oxygens (including phenoxy) is 2. The predicted molar refractivity (Wildman–Crippen MR) is 75.4 cm³/mol. The second kappa shape index (κ2) is 6.76. The molecule has 0 fully saturated rings. The van der Waals surface area contributed by atoms with Crippen LogP contribution in [0.15, 0.2) is 12.1 Å². The van der Waals surface area contributed by atoms with Crippen LogP contribution in [0.1, 0.15) is 36.1 Å². The van der Waals surface area contributed by atoms with Gasteiger partial charge in [0.15, 0.2) is 0 Å². The van der Waals surface area contributed by atoms with Gasteiger partial charge in [-0.25, -0.2) is 0 Å². The maximum Gasteiger partial charge on any atom is 0.126 e. The maximum absolute atomic E-state index is 5.58. The Morgan fingerprint density at radius 2 is 1.89 bits per heavy atom. The number of aryl methyl sites for hydroxylation is 1. The summed E-state index contributed by atoms with van der Waals surface area (Å²) < 4.78 is 11.1. The molecule has 2 atom stereocenters. The predicted octanol–water partition coefficient (Wildman–Crippen LogP) is 3.00. The van der Waals surface area contributed by atoms with E-state index in [2.05, 4.69) is 38.2 Å². The summed E-state index contributed by atoms with van der Waals surface area (Å²) in [5, 5.41) is 3.34. The molecule has 2 unspecified atom stereocenters. The van der Waals surface area contributed by atoms with Crippen LogP contribution in [0.3, 0.4) is 0 Å². The number of hydrogen-bond acceptors (Lipinski definition) is 3. The lowest BCUT2D eigenvalue weighted by atomic mass is 9.94. The average molecular weight is 251 g/mol. The molecule has 0 aliphatic heterocycles. The molecule has 1 aromatic rings. The molecule has 0 saturated heterocycles. The van der Waals surface area contributed by atoms with E-state index in [1.54, 1.807) is 14.2 Å². The first kappa shape index (κ1) is 15.0. The lowest BCUT2D eigenvalue weighted by Crippen LogP contribution is -2.31. The molecule has 0 amide bonds. The van der Waals surface area contributed by atoms with E-state index >= 15 is 0 Å². The van der Waals surface area contributed by atoms with Crippen LogP contribution in [-0.2, 0) is 4.74 Å². The minimum atomic E-state index is 0.144. The van der Waals surface area contributed by atoms with Gasteiger partial charge in [0.2, 0.25) is 0 Å². The minimum absolute atomic E-state index is 0.144. The van der Waals surface area contributed by atoms with Crippen molar-refractivity contribution in [1.82, 2.24) is 5.32 Å². The number of methoxy groups -OCH3 is 2. The summed E-state index contributed by atoms with van der Waals surface area (Å²) in [6.07, 6.45) is 1.10. The third kappa shape index (κ3) is 2.85. The van der Waals surface area contributed by atoms with Crippen LogP contribution < -0.4 is 10.1 Å². The monoisotopic (exact) mass is 251 g/mol.